The minimum Gasteiger partial charge on any atom is -0.353 e. The molecule has 140 valence electrons. The van der Waals surface area contributed by atoms with Crippen molar-refractivity contribution in [2.45, 2.75) is 13.5 Å². The molecule has 1 aliphatic rings. The third kappa shape index (κ3) is 4.80. The number of carbonyl (C=O) groups is 1. The summed E-state index contributed by atoms with van der Waals surface area (Å²) < 4.78 is 13.6. The van der Waals surface area contributed by atoms with Gasteiger partial charge in [0.2, 0.25) is 5.91 Å². The number of piperazine rings is 1. The first-order chi connectivity index (χ1) is 13.1. The fraction of sp³-hybridized carbons (Fsp3) is 0.350. The van der Waals surface area contributed by atoms with Crippen LogP contribution in [0.2, 0.25) is 0 Å². The molecule has 2 heterocycles. The minimum atomic E-state index is -0.260. The third-order valence-corrected chi connectivity index (χ3v) is 4.67. The van der Waals surface area contributed by atoms with Gasteiger partial charge in [-0.1, -0.05) is 12.1 Å². The van der Waals surface area contributed by atoms with Gasteiger partial charge in [-0.3, -0.25) is 9.69 Å². The average Bonchev–Trinajstić information content (AvgIpc) is 2.69. The van der Waals surface area contributed by atoms with Crippen LogP contribution in [0, 0.1) is 24.1 Å². The van der Waals surface area contributed by atoms with E-state index in [9.17, 15) is 14.4 Å². The summed E-state index contributed by atoms with van der Waals surface area (Å²) >= 11 is 0. The lowest BCUT2D eigenvalue weighted by Gasteiger charge is -2.35. The van der Waals surface area contributed by atoms with Gasteiger partial charge in [0.1, 0.15) is 17.7 Å². The summed E-state index contributed by atoms with van der Waals surface area (Å²) in [6.07, 6.45) is 1.68. The van der Waals surface area contributed by atoms with Crippen LogP contribution in [0.5, 0.6) is 0 Å². The van der Waals surface area contributed by atoms with Crippen LogP contribution >= 0.6 is 0 Å². The Morgan fingerprint density at radius 3 is 2.78 bits per heavy atom. The Bertz CT molecular complexity index is 856. The number of hydrogen-bond acceptors (Lipinski definition) is 5. The van der Waals surface area contributed by atoms with E-state index in [1.807, 2.05) is 6.07 Å². The van der Waals surface area contributed by atoms with Crippen molar-refractivity contribution in [1.82, 2.24) is 15.2 Å². The first kappa shape index (κ1) is 18.8. The predicted molar refractivity (Wildman–Crippen MR) is 101 cm³/mol. The maximum absolute atomic E-state index is 13.6. The maximum Gasteiger partial charge on any atom is 0.234 e. The van der Waals surface area contributed by atoms with Crippen molar-refractivity contribution in [3.8, 4) is 6.07 Å². The van der Waals surface area contributed by atoms with Gasteiger partial charge in [0.05, 0.1) is 12.1 Å². The van der Waals surface area contributed by atoms with Crippen molar-refractivity contribution >= 4 is 11.7 Å². The Morgan fingerprint density at radius 1 is 1.30 bits per heavy atom. The molecule has 0 atom stereocenters. The highest BCUT2D eigenvalue weighted by atomic mass is 19.1. The van der Waals surface area contributed by atoms with Crippen LogP contribution < -0.4 is 10.2 Å². The second kappa shape index (κ2) is 8.60. The van der Waals surface area contributed by atoms with Gasteiger partial charge in [0, 0.05) is 38.9 Å². The summed E-state index contributed by atoms with van der Waals surface area (Å²) in [7, 11) is 0. The van der Waals surface area contributed by atoms with Gasteiger partial charge < -0.3 is 10.2 Å². The van der Waals surface area contributed by atoms with Gasteiger partial charge in [0.25, 0.3) is 0 Å². The van der Waals surface area contributed by atoms with E-state index in [0.29, 0.717) is 56.2 Å². The van der Waals surface area contributed by atoms with Gasteiger partial charge in [-0.15, -0.1) is 0 Å². The van der Waals surface area contributed by atoms with Crippen molar-refractivity contribution < 1.29 is 9.18 Å². The fourth-order valence-electron chi connectivity index (χ4n) is 3.06. The number of rotatable bonds is 5. The first-order valence-corrected chi connectivity index (χ1v) is 8.91. The van der Waals surface area contributed by atoms with Crippen LogP contribution in [0.25, 0.3) is 0 Å². The van der Waals surface area contributed by atoms with Gasteiger partial charge in [0.15, 0.2) is 0 Å². The Hall–Kier alpha value is -2.98. The Morgan fingerprint density at radius 2 is 2.07 bits per heavy atom. The third-order valence-electron chi connectivity index (χ3n) is 4.67. The Balaban J connectivity index is 1.46. The van der Waals surface area contributed by atoms with Crippen molar-refractivity contribution in [2.24, 2.45) is 0 Å². The van der Waals surface area contributed by atoms with E-state index in [-0.39, 0.29) is 11.7 Å². The summed E-state index contributed by atoms with van der Waals surface area (Å²) in [5.74, 6) is 0.356. The smallest absolute Gasteiger partial charge is 0.234 e. The molecule has 2 aromatic rings. The highest BCUT2D eigenvalue weighted by molar-refractivity contribution is 5.78. The highest BCUT2D eigenvalue weighted by Crippen LogP contribution is 2.17. The molecule has 7 heteroatoms. The molecule has 1 saturated heterocycles. The molecule has 1 amide bonds. The highest BCUT2D eigenvalue weighted by Gasteiger charge is 2.21. The number of carbonyl (C=O) groups excluding carboxylic acids is 1. The lowest BCUT2D eigenvalue weighted by atomic mass is 10.1. The molecule has 0 aliphatic carbocycles. The average molecular weight is 367 g/mol. The normalized spacial score (nSPS) is 14.6. The molecule has 0 radical (unpaired) electrons. The topological polar surface area (TPSA) is 72.3 Å². The van der Waals surface area contributed by atoms with E-state index in [1.54, 1.807) is 31.3 Å². The van der Waals surface area contributed by atoms with Crippen LogP contribution in [-0.2, 0) is 11.3 Å². The number of benzene rings is 1. The molecule has 3 rings (SSSR count). The van der Waals surface area contributed by atoms with E-state index < -0.39 is 0 Å². The molecule has 1 aromatic carbocycles. The Kier molecular flexibility index (Phi) is 5.99. The van der Waals surface area contributed by atoms with Crippen LogP contribution in [0.3, 0.4) is 0 Å². The summed E-state index contributed by atoms with van der Waals surface area (Å²) in [5.41, 5.74) is 1.90. The molecule has 0 bridgehead atoms. The predicted octanol–water partition coefficient (Wildman–Crippen LogP) is 1.84. The van der Waals surface area contributed by atoms with Gasteiger partial charge >= 0.3 is 0 Å². The van der Waals surface area contributed by atoms with Crippen molar-refractivity contribution in [3.05, 3.63) is 59.0 Å². The number of hydrogen-bond donors (Lipinski definition) is 1. The number of aromatic nitrogens is 1. The largest absolute Gasteiger partial charge is 0.353 e. The monoisotopic (exact) mass is 367 g/mol. The van der Waals surface area contributed by atoms with E-state index in [1.165, 1.54) is 6.07 Å². The summed E-state index contributed by atoms with van der Waals surface area (Å²) in [6, 6.07) is 10.7. The molecule has 0 saturated carbocycles. The molecule has 1 fully saturated rings. The molecule has 6 nitrogen and oxygen atoms in total. The zero-order valence-corrected chi connectivity index (χ0v) is 15.3. The molecule has 0 spiro atoms. The van der Waals surface area contributed by atoms with E-state index in [4.69, 9.17) is 0 Å². The second-order valence-corrected chi connectivity index (χ2v) is 6.61. The second-order valence-electron chi connectivity index (χ2n) is 6.61. The maximum atomic E-state index is 13.6. The molecule has 1 N–H and O–H groups in total. The first-order valence-electron chi connectivity index (χ1n) is 8.91. The minimum absolute atomic E-state index is 0.0833. The lowest BCUT2D eigenvalue weighted by Crippen LogP contribution is -2.49. The number of anilines is 1. The molecule has 0 unspecified atom stereocenters. The number of amides is 1. The van der Waals surface area contributed by atoms with Gasteiger partial charge in [-0.2, -0.15) is 5.26 Å². The van der Waals surface area contributed by atoms with E-state index in [0.717, 1.165) is 5.56 Å². The summed E-state index contributed by atoms with van der Waals surface area (Å²) in [6.45, 7) is 5.18. The van der Waals surface area contributed by atoms with Crippen molar-refractivity contribution in [2.75, 3.05) is 37.6 Å². The standard InChI is InChI=1S/C20H22FN5O/c1-15-4-5-16(11-18(15)21)13-24-19(27)14-25-7-9-26(10-8-25)20-17(12-22)3-2-6-23-20/h2-6,11H,7-10,13-14H2,1H3,(H,24,27). The van der Waals surface area contributed by atoms with Crippen LogP contribution in [0.15, 0.2) is 36.5 Å². The number of aryl methyl sites for hydroxylation is 1. The zero-order valence-electron chi connectivity index (χ0n) is 15.3. The molecule has 1 aromatic heterocycles. The van der Waals surface area contributed by atoms with E-state index in [2.05, 4.69) is 26.2 Å². The number of halogens is 1. The van der Waals surface area contributed by atoms with Crippen LogP contribution in [0.1, 0.15) is 16.7 Å². The Labute approximate surface area is 158 Å². The molecular weight excluding hydrogens is 345 g/mol. The SMILES string of the molecule is Cc1ccc(CNC(=O)CN2CCN(c3ncccc3C#N)CC2)cc1F. The van der Waals surface area contributed by atoms with Crippen molar-refractivity contribution in [3.63, 3.8) is 0 Å². The van der Waals surface area contributed by atoms with Crippen molar-refractivity contribution in [1.29, 1.82) is 5.26 Å². The number of pyridine rings is 1. The quantitative estimate of drug-likeness (QED) is 0.873. The molecular formula is C20H22FN5O. The van der Waals surface area contributed by atoms with Crippen LogP contribution in [0.4, 0.5) is 10.2 Å². The number of nitriles is 1. The number of nitrogens with zero attached hydrogens (tertiary/aromatic N) is 4. The summed E-state index contributed by atoms with van der Waals surface area (Å²) in [5, 5.41) is 12.0. The molecule has 27 heavy (non-hydrogen) atoms. The van der Waals surface area contributed by atoms with Gasteiger partial charge in [-0.05, 0) is 36.2 Å². The summed E-state index contributed by atoms with van der Waals surface area (Å²) in [4.78, 5) is 20.6. The zero-order chi connectivity index (χ0) is 19.2. The number of nitrogens with one attached hydrogen (secondary N) is 1. The van der Waals surface area contributed by atoms with Crippen LogP contribution in [-0.4, -0.2) is 48.5 Å². The van der Waals surface area contributed by atoms with E-state index >= 15 is 0 Å². The lowest BCUT2D eigenvalue weighted by molar-refractivity contribution is -0.122. The van der Waals surface area contributed by atoms with Gasteiger partial charge in [-0.25, -0.2) is 9.37 Å². The molecule has 1 aliphatic heterocycles. The fourth-order valence-corrected chi connectivity index (χ4v) is 3.06.